The molecule has 1 aliphatic carbocycles. The van der Waals surface area contributed by atoms with Crippen molar-refractivity contribution in [3.05, 3.63) is 0 Å². The summed E-state index contributed by atoms with van der Waals surface area (Å²) < 4.78 is 5.46. The molecular weight excluding hydrogens is 212 g/mol. The molecule has 0 radical (unpaired) electrons. The molecule has 3 heteroatoms. The SMILES string of the molecule is CNC1(CCN(C)C2CCOC2)CCCCC1. The van der Waals surface area contributed by atoms with Gasteiger partial charge in [-0.1, -0.05) is 19.3 Å². The third kappa shape index (κ3) is 3.43. The molecule has 0 spiro atoms. The van der Waals surface area contributed by atoms with Crippen LogP contribution in [-0.2, 0) is 4.74 Å². The van der Waals surface area contributed by atoms with Crippen LogP contribution in [0.4, 0.5) is 0 Å². The Bertz CT molecular complexity index is 220. The molecule has 2 rings (SSSR count). The Morgan fingerprint density at radius 3 is 2.65 bits per heavy atom. The minimum atomic E-state index is 0.423. The molecule has 0 bridgehead atoms. The highest BCUT2D eigenvalue weighted by Gasteiger charge is 2.31. The molecule has 0 amide bonds. The number of nitrogens with zero attached hydrogens (tertiary/aromatic N) is 1. The second kappa shape index (κ2) is 6.17. The maximum Gasteiger partial charge on any atom is 0.0622 e. The largest absolute Gasteiger partial charge is 0.380 e. The summed E-state index contributed by atoms with van der Waals surface area (Å²) in [6.07, 6.45) is 9.44. The molecule has 0 aromatic heterocycles. The molecule has 17 heavy (non-hydrogen) atoms. The van der Waals surface area contributed by atoms with Crippen molar-refractivity contribution < 1.29 is 4.74 Å². The summed E-state index contributed by atoms with van der Waals surface area (Å²) in [6.45, 7) is 3.09. The van der Waals surface area contributed by atoms with Crippen LogP contribution in [-0.4, -0.2) is 50.3 Å². The van der Waals surface area contributed by atoms with E-state index in [-0.39, 0.29) is 0 Å². The summed E-state index contributed by atoms with van der Waals surface area (Å²) in [4.78, 5) is 2.50. The molecule has 1 heterocycles. The van der Waals surface area contributed by atoms with Gasteiger partial charge in [-0.05, 0) is 46.3 Å². The zero-order chi connectivity index (χ0) is 12.1. The van der Waals surface area contributed by atoms with Gasteiger partial charge in [0.2, 0.25) is 0 Å². The fourth-order valence-electron chi connectivity index (χ4n) is 3.30. The normalized spacial score (nSPS) is 28.8. The summed E-state index contributed by atoms with van der Waals surface area (Å²) in [5.74, 6) is 0. The zero-order valence-corrected chi connectivity index (χ0v) is 11.5. The van der Waals surface area contributed by atoms with Crippen molar-refractivity contribution in [3.63, 3.8) is 0 Å². The molecule has 2 fully saturated rings. The predicted molar refractivity (Wildman–Crippen MR) is 71.3 cm³/mol. The Morgan fingerprint density at radius 1 is 1.29 bits per heavy atom. The van der Waals surface area contributed by atoms with E-state index in [0.29, 0.717) is 11.6 Å². The maximum absolute atomic E-state index is 5.46. The Balaban J connectivity index is 1.78. The Labute approximate surface area is 106 Å². The van der Waals surface area contributed by atoms with Crippen LogP contribution in [0.2, 0.25) is 0 Å². The number of ether oxygens (including phenoxy) is 1. The fourth-order valence-corrected chi connectivity index (χ4v) is 3.30. The standard InChI is InChI=1S/C14H28N2O/c1-15-14(7-4-3-5-8-14)9-10-16(2)13-6-11-17-12-13/h13,15H,3-12H2,1-2H3. The van der Waals surface area contributed by atoms with Crippen molar-refractivity contribution in [1.29, 1.82) is 0 Å². The first kappa shape index (κ1) is 13.3. The number of hydrogen-bond donors (Lipinski definition) is 1. The van der Waals surface area contributed by atoms with Gasteiger partial charge in [0, 0.05) is 18.2 Å². The first-order chi connectivity index (χ1) is 8.26. The van der Waals surface area contributed by atoms with Gasteiger partial charge in [0.25, 0.3) is 0 Å². The van der Waals surface area contributed by atoms with E-state index in [2.05, 4.69) is 24.3 Å². The van der Waals surface area contributed by atoms with Crippen molar-refractivity contribution in [3.8, 4) is 0 Å². The topological polar surface area (TPSA) is 24.5 Å². The summed E-state index contributed by atoms with van der Waals surface area (Å²) in [5, 5.41) is 3.61. The van der Waals surface area contributed by atoms with Crippen LogP contribution in [0.5, 0.6) is 0 Å². The van der Waals surface area contributed by atoms with Crippen LogP contribution in [0.25, 0.3) is 0 Å². The number of hydrogen-bond acceptors (Lipinski definition) is 3. The number of nitrogens with one attached hydrogen (secondary N) is 1. The molecule has 1 aliphatic heterocycles. The minimum Gasteiger partial charge on any atom is -0.380 e. The molecule has 100 valence electrons. The lowest BCUT2D eigenvalue weighted by Gasteiger charge is -2.39. The first-order valence-corrected chi connectivity index (χ1v) is 7.23. The Kier molecular flexibility index (Phi) is 4.83. The van der Waals surface area contributed by atoms with E-state index in [9.17, 15) is 0 Å². The van der Waals surface area contributed by atoms with Crippen LogP contribution < -0.4 is 5.32 Å². The van der Waals surface area contributed by atoms with E-state index in [1.165, 1.54) is 51.5 Å². The van der Waals surface area contributed by atoms with Crippen molar-refractivity contribution in [2.24, 2.45) is 0 Å². The molecule has 0 aromatic carbocycles. The average Bonchev–Trinajstić information content (AvgIpc) is 2.91. The van der Waals surface area contributed by atoms with E-state index in [1.54, 1.807) is 0 Å². The van der Waals surface area contributed by atoms with Crippen LogP contribution in [0.15, 0.2) is 0 Å². The van der Waals surface area contributed by atoms with E-state index in [0.717, 1.165) is 13.2 Å². The van der Waals surface area contributed by atoms with Crippen molar-refractivity contribution in [1.82, 2.24) is 10.2 Å². The van der Waals surface area contributed by atoms with Gasteiger partial charge >= 0.3 is 0 Å². The lowest BCUT2D eigenvalue weighted by molar-refractivity contribution is 0.142. The van der Waals surface area contributed by atoms with E-state index >= 15 is 0 Å². The van der Waals surface area contributed by atoms with Gasteiger partial charge in [-0.2, -0.15) is 0 Å². The number of rotatable bonds is 5. The van der Waals surface area contributed by atoms with E-state index < -0.39 is 0 Å². The second-order valence-electron chi connectivity index (χ2n) is 5.84. The molecule has 1 unspecified atom stereocenters. The van der Waals surface area contributed by atoms with Crippen LogP contribution in [0, 0.1) is 0 Å². The van der Waals surface area contributed by atoms with Gasteiger partial charge in [0.05, 0.1) is 6.61 Å². The molecule has 1 atom stereocenters. The fraction of sp³-hybridized carbons (Fsp3) is 1.00. The monoisotopic (exact) mass is 240 g/mol. The summed E-state index contributed by atoms with van der Waals surface area (Å²) >= 11 is 0. The summed E-state index contributed by atoms with van der Waals surface area (Å²) in [5.41, 5.74) is 0.423. The molecule has 3 nitrogen and oxygen atoms in total. The predicted octanol–water partition coefficient (Wildman–Crippen LogP) is 2.02. The molecular formula is C14H28N2O. The minimum absolute atomic E-state index is 0.423. The first-order valence-electron chi connectivity index (χ1n) is 7.23. The maximum atomic E-state index is 5.46. The molecule has 1 N–H and O–H groups in total. The van der Waals surface area contributed by atoms with Gasteiger partial charge in [-0.3, -0.25) is 0 Å². The van der Waals surface area contributed by atoms with Gasteiger partial charge in [-0.25, -0.2) is 0 Å². The molecule has 2 aliphatic rings. The van der Waals surface area contributed by atoms with Crippen LogP contribution in [0.3, 0.4) is 0 Å². The Hall–Kier alpha value is -0.120. The second-order valence-corrected chi connectivity index (χ2v) is 5.84. The summed E-state index contributed by atoms with van der Waals surface area (Å²) in [6, 6.07) is 0.660. The van der Waals surface area contributed by atoms with Crippen LogP contribution in [0.1, 0.15) is 44.9 Å². The van der Waals surface area contributed by atoms with Gasteiger partial charge in [0.1, 0.15) is 0 Å². The lowest BCUT2D eigenvalue weighted by atomic mass is 9.79. The third-order valence-corrected chi connectivity index (χ3v) is 4.81. The van der Waals surface area contributed by atoms with Crippen molar-refractivity contribution in [2.75, 3.05) is 33.9 Å². The highest BCUT2D eigenvalue weighted by molar-refractivity contribution is 4.90. The highest BCUT2D eigenvalue weighted by atomic mass is 16.5. The molecule has 1 saturated carbocycles. The molecule has 0 aromatic rings. The smallest absolute Gasteiger partial charge is 0.0622 e. The van der Waals surface area contributed by atoms with Gasteiger partial charge < -0.3 is 15.0 Å². The average molecular weight is 240 g/mol. The third-order valence-electron chi connectivity index (χ3n) is 4.81. The van der Waals surface area contributed by atoms with Gasteiger partial charge in [-0.15, -0.1) is 0 Å². The quantitative estimate of drug-likeness (QED) is 0.795. The Morgan fingerprint density at radius 2 is 2.06 bits per heavy atom. The molecule has 1 saturated heterocycles. The van der Waals surface area contributed by atoms with Crippen molar-refractivity contribution >= 4 is 0 Å². The number of likely N-dealkylation sites (N-methyl/N-ethyl adjacent to an activating group) is 1. The highest BCUT2D eigenvalue weighted by Crippen LogP contribution is 2.31. The van der Waals surface area contributed by atoms with Gasteiger partial charge in [0.15, 0.2) is 0 Å². The van der Waals surface area contributed by atoms with E-state index in [1.807, 2.05) is 0 Å². The van der Waals surface area contributed by atoms with E-state index in [4.69, 9.17) is 4.74 Å². The zero-order valence-electron chi connectivity index (χ0n) is 11.5. The lowest BCUT2D eigenvalue weighted by Crippen LogP contribution is -2.47. The summed E-state index contributed by atoms with van der Waals surface area (Å²) in [7, 11) is 4.40. The van der Waals surface area contributed by atoms with Crippen LogP contribution >= 0.6 is 0 Å². The van der Waals surface area contributed by atoms with Crippen molar-refractivity contribution in [2.45, 2.75) is 56.5 Å².